The van der Waals surface area contributed by atoms with Crippen LogP contribution in [0.15, 0.2) is 30.5 Å². The van der Waals surface area contributed by atoms with Crippen molar-refractivity contribution < 1.29 is 14.0 Å². The standard InChI is InChI=1S/C15H17FN4O2/c1-9(2)14(21)18-19-15(22)13-8-17-20(10(13)3)12-6-4-11(16)5-7-12/h4-9H,1-3H3,(H,18,21)(H,19,22). The lowest BCUT2D eigenvalue weighted by atomic mass is 10.2. The molecule has 0 unspecified atom stereocenters. The fourth-order valence-electron chi connectivity index (χ4n) is 1.81. The minimum absolute atomic E-state index is 0.233. The molecule has 0 bridgehead atoms. The van der Waals surface area contributed by atoms with Gasteiger partial charge in [-0.05, 0) is 31.2 Å². The first-order valence-corrected chi connectivity index (χ1v) is 6.81. The predicted octanol–water partition coefficient (Wildman–Crippen LogP) is 1.74. The molecule has 0 atom stereocenters. The molecule has 2 amide bonds. The molecular formula is C15H17FN4O2. The summed E-state index contributed by atoms with van der Waals surface area (Å²) in [4.78, 5) is 23.5. The molecule has 116 valence electrons. The lowest BCUT2D eigenvalue weighted by Crippen LogP contribution is -2.43. The van der Waals surface area contributed by atoms with Crippen molar-refractivity contribution >= 4 is 11.8 Å². The van der Waals surface area contributed by atoms with Crippen molar-refractivity contribution in [1.82, 2.24) is 20.6 Å². The third kappa shape index (κ3) is 3.30. The number of nitrogens with zero attached hydrogens (tertiary/aromatic N) is 2. The van der Waals surface area contributed by atoms with Gasteiger partial charge in [0.05, 0.1) is 23.1 Å². The van der Waals surface area contributed by atoms with Crippen molar-refractivity contribution in [2.45, 2.75) is 20.8 Å². The maximum Gasteiger partial charge on any atom is 0.273 e. The van der Waals surface area contributed by atoms with Gasteiger partial charge in [-0.3, -0.25) is 20.4 Å². The Morgan fingerprint density at radius 3 is 2.41 bits per heavy atom. The number of benzene rings is 1. The zero-order valence-corrected chi connectivity index (χ0v) is 12.6. The van der Waals surface area contributed by atoms with E-state index in [0.717, 1.165) is 0 Å². The topological polar surface area (TPSA) is 76.0 Å². The lowest BCUT2D eigenvalue weighted by Gasteiger charge is -2.09. The van der Waals surface area contributed by atoms with E-state index in [9.17, 15) is 14.0 Å². The van der Waals surface area contributed by atoms with Crippen LogP contribution in [-0.2, 0) is 4.79 Å². The molecule has 0 radical (unpaired) electrons. The highest BCUT2D eigenvalue weighted by atomic mass is 19.1. The van der Waals surface area contributed by atoms with Gasteiger partial charge in [0, 0.05) is 5.92 Å². The molecule has 0 aliphatic rings. The first-order valence-electron chi connectivity index (χ1n) is 6.81. The molecule has 2 N–H and O–H groups in total. The molecule has 1 heterocycles. The number of hydrazine groups is 1. The van der Waals surface area contributed by atoms with Gasteiger partial charge in [-0.2, -0.15) is 5.10 Å². The zero-order chi connectivity index (χ0) is 16.3. The van der Waals surface area contributed by atoms with Crippen molar-refractivity contribution in [3.8, 4) is 5.69 Å². The lowest BCUT2D eigenvalue weighted by molar-refractivity contribution is -0.124. The Labute approximate surface area is 127 Å². The maximum atomic E-state index is 12.9. The Hall–Kier alpha value is -2.70. The van der Waals surface area contributed by atoms with Crippen molar-refractivity contribution in [3.63, 3.8) is 0 Å². The summed E-state index contributed by atoms with van der Waals surface area (Å²) in [6, 6.07) is 5.77. The first kappa shape index (κ1) is 15.7. The van der Waals surface area contributed by atoms with E-state index in [1.807, 2.05) is 0 Å². The van der Waals surface area contributed by atoms with Crippen molar-refractivity contribution in [1.29, 1.82) is 0 Å². The average molecular weight is 304 g/mol. The Morgan fingerprint density at radius 2 is 1.82 bits per heavy atom. The van der Waals surface area contributed by atoms with E-state index in [0.29, 0.717) is 16.9 Å². The van der Waals surface area contributed by atoms with Crippen LogP contribution in [0.2, 0.25) is 0 Å². The Kier molecular flexibility index (Phi) is 4.55. The van der Waals surface area contributed by atoms with Crippen LogP contribution in [0.3, 0.4) is 0 Å². The van der Waals surface area contributed by atoms with E-state index in [1.54, 1.807) is 32.9 Å². The van der Waals surface area contributed by atoms with Crippen molar-refractivity contribution in [2.75, 3.05) is 0 Å². The second kappa shape index (κ2) is 6.38. The molecule has 0 saturated carbocycles. The first-order chi connectivity index (χ1) is 10.4. The van der Waals surface area contributed by atoms with Crippen LogP contribution in [0, 0.1) is 18.7 Å². The molecule has 6 nitrogen and oxygen atoms in total. The van der Waals surface area contributed by atoms with Gasteiger partial charge in [0.2, 0.25) is 5.91 Å². The van der Waals surface area contributed by atoms with Gasteiger partial charge in [0.25, 0.3) is 5.91 Å². The molecule has 0 fully saturated rings. The fourth-order valence-corrected chi connectivity index (χ4v) is 1.81. The van der Waals surface area contributed by atoms with Crippen LogP contribution < -0.4 is 10.9 Å². The van der Waals surface area contributed by atoms with Crippen LogP contribution in [0.25, 0.3) is 5.69 Å². The SMILES string of the molecule is Cc1c(C(=O)NNC(=O)C(C)C)cnn1-c1ccc(F)cc1. The number of carbonyl (C=O) groups excluding carboxylic acids is 2. The van der Waals surface area contributed by atoms with E-state index < -0.39 is 5.91 Å². The van der Waals surface area contributed by atoms with Gasteiger partial charge in [-0.1, -0.05) is 13.8 Å². The van der Waals surface area contributed by atoms with Gasteiger partial charge in [0.15, 0.2) is 0 Å². The third-order valence-electron chi connectivity index (χ3n) is 3.15. The molecule has 2 aromatic rings. The second-order valence-electron chi connectivity index (χ2n) is 5.13. The number of hydrogen-bond acceptors (Lipinski definition) is 3. The summed E-state index contributed by atoms with van der Waals surface area (Å²) >= 11 is 0. The summed E-state index contributed by atoms with van der Waals surface area (Å²) in [5, 5.41) is 4.12. The quantitative estimate of drug-likeness (QED) is 0.848. The summed E-state index contributed by atoms with van der Waals surface area (Å²) in [6.45, 7) is 5.16. The van der Waals surface area contributed by atoms with Gasteiger partial charge in [-0.25, -0.2) is 9.07 Å². The van der Waals surface area contributed by atoms with Gasteiger partial charge in [0.1, 0.15) is 5.82 Å². The number of hydrogen-bond donors (Lipinski definition) is 2. The third-order valence-corrected chi connectivity index (χ3v) is 3.15. The average Bonchev–Trinajstić information content (AvgIpc) is 2.87. The molecule has 22 heavy (non-hydrogen) atoms. The highest BCUT2D eigenvalue weighted by molar-refractivity contribution is 5.96. The molecule has 7 heteroatoms. The minimum Gasteiger partial charge on any atom is -0.273 e. The second-order valence-corrected chi connectivity index (χ2v) is 5.13. The molecule has 0 aliphatic heterocycles. The van der Waals surface area contributed by atoms with E-state index in [2.05, 4.69) is 16.0 Å². The van der Waals surface area contributed by atoms with Crippen LogP contribution in [-0.4, -0.2) is 21.6 Å². The number of nitrogens with one attached hydrogen (secondary N) is 2. The molecule has 0 aliphatic carbocycles. The van der Waals surface area contributed by atoms with Gasteiger partial charge in [-0.15, -0.1) is 0 Å². The summed E-state index contributed by atoms with van der Waals surface area (Å²) in [6.07, 6.45) is 1.40. The van der Waals surface area contributed by atoms with Crippen molar-refractivity contribution in [3.05, 3.63) is 47.5 Å². The number of amides is 2. The van der Waals surface area contributed by atoms with E-state index in [-0.39, 0.29) is 17.6 Å². The predicted molar refractivity (Wildman–Crippen MR) is 78.7 cm³/mol. The fraction of sp³-hybridized carbons (Fsp3) is 0.267. The Balaban J connectivity index is 2.15. The Morgan fingerprint density at radius 1 is 1.18 bits per heavy atom. The van der Waals surface area contributed by atoms with Crippen LogP contribution in [0.5, 0.6) is 0 Å². The number of rotatable bonds is 3. The molecular weight excluding hydrogens is 287 g/mol. The normalized spacial score (nSPS) is 10.6. The minimum atomic E-state index is -0.458. The summed E-state index contributed by atoms with van der Waals surface area (Å²) in [5.41, 5.74) is 6.24. The largest absolute Gasteiger partial charge is 0.273 e. The Bertz CT molecular complexity index is 692. The highest BCUT2D eigenvalue weighted by Crippen LogP contribution is 2.14. The van der Waals surface area contributed by atoms with Crippen LogP contribution >= 0.6 is 0 Å². The highest BCUT2D eigenvalue weighted by Gasteiger charge is 2.16. The monoisotopic (exact) mass is 304 g/mol. The van der Waals surface area contributed by atoms with Gasteiger partial charge >= 0.3 is 0 Å². The van der Waals surface area contributed by atoms with E-state index in [1.165, 1.54) is 23.0 Å². The van der Waals surface area contributed by atoms with E-state index >= 15 is 0 Å². The number of carbonyl (C=O) groups is 2. The molecule has 1 aromatic heterocycles. The number of aromatic nitrogens is 2. The summed E-state index contributed by atoms with van der Waals surface area (Å²) < 4.78 is 14.5. The molecule has 0 saturated heterocycles. The number of halogens is 1. The van der Waals surface area contributed by atoms with Crippen molar-refractivity contribution in [2.24, 2.45) is 5.92 Å². The van der Waals surface area contributed by atoms with E-state index in [4.69, 9.17) is 0 Å². The molecule has 2 rings (SSSR count). The summed E-state index contributed by atoms with van der Waals surface area (Å²) in [7, 11) is 0. The zero-order valence-electron chi connectivity index (χ0n) is 12.6. The van der Waals surface area contributed by atoms with Crippen LogP contribution in [0.4, 0.5) is 4.39 Å². The maximum absolute atomic E-state index is 12.9. The smallest absolute Gasteiger partial charge is 0.273 e. The molecule has 1 aromatic carbocycles. The van der Waals surface area contributed by atoms with Gasteiger partial charge < -0.3 is 0 Å². The summed E-state index contributed by atoms with van der Waals surface area (Å²) in [5.74, 6) is -1.32. The van der Waals surface area contributed by atoms with Crippen LogP contribution in [0.1, 0.15) is 29.9 Å². The molecule has 0 spiro atoms.